The number of anilines is 2. The Kier molecular flexibility index (Phi) is 5.95. The third-order valence-electron chi connectivity index (χ3n) is 4.35. The fourth-order valence-electron chi connectivity index (χ4n) is 3.18. The van der Waals surface area contributed by atoms with Gasteiger partial charge in [-0.3, -0.25) is 9.52 Å². The lowest BCUT2D eigenvalue weighted by Crippen LogP contribution is -2.37. The number of nitrogens with zero attached hydrogens (tertiary/aromatic N) is 1. The molecule has 0 unspecified atom stereocenters. The second kappa shape index (κ2) is 8.24. The van der Waals surface area contributed by atoms with Crippen molar-refractivity contribution in [2.24, 2.45) is 0 Å². The zero-order valence-electron chi connectivity index (χ0n) is 15.2. The maximum atomic E-state index is 13.3. The summed E-state index contributed by atoms with van der Waals surface area (Å²) in [5.41, 5.74) is 1.91. The number of ether oxygens (including phenoxy) is 1. The molecule has 1 aliphatic heterocycles. The Labute approximate surface area is 162 Å². The molecule has 0 atom stereocenters. The standard InChI is InChI=1S/C19H20F2N2O4S/c1-27-7-6-23-18-4-3-17(10-14(18)2-5-19(23)24)22-28(25,26)12-13-8-15(20)11-16(21)9-13/h3-4,8-11,22H,2,5-7,12H2,1H3. The van der Waals surface area contributed by atoms with Crippen molar-refractivity contribution in [1.82, 2.24) is 0 Å². The Hall–Kier alpha value is -2.52. The van der Waals surface area contributed by atoms with E-state index in [4.69, 9.17) is 4.74 Å². The summed E-state index contributed by atoms with van der Waals surface area (Å²) in [7, 11) is -2.32. The monoisotopic (exact) mass is 410 g/mol. The van der Waals surface area contributed by atoms with Crippen LogP contribution in [0.1, 0.15) is 17.5 Å². The Morgan fingerprint density at radius 2 is 1.82 bits per heavy atom. The van der Waals surface area contributed by atoms with Crippen LogP contribution in [0.15, 0.2) is 36.4 Å². The molecule has 3 rings (SSSR count). The zero-order valence-corrected chi connectivity index (χ0v) is 16.1. The normalized spacial score (nSPS) is 14.1. The molecule has 6 nitrogen and oxygen atoms in total. The summed E-state index contributed by atoms with van der Waals surface area (Å²) in [5.74, 6) is -2.23. The Morgan fingerprint density at radius 3 is 2.50 bits per heavy atom. The van der Waals surface area contributed by atoms with Crippen LogP contribution in [0.2, 0.25) is 0 Å². The van der Waals surface area contributed by atoms with Crippen LogP contribution in [0.25, 0.3) is 0 Å². The third kappa shape index (κ3) is 4.85. The van der Waals surface area contributed by atoms with E-state index in [-0.39, 0.29) is 11.5 Å². The number of methoxy groups -OCH3 is 1. The predicted molar refractivity (Wildman–Crippen MR) is 102 cm³/mol. The minimum Gasteiger partial charge on any atom is -0.383 e. The average Bonchev–Trinajstić information content (AvgIpc) is 2.59. The highest BCUT2D eigenvalue weighted by Crippen LogP contribution is 2.30. The Bertz CT molecular complexity index is 975. The maximum absolute atomic E-state index is 13.3. The van der Waals surface area contributed by atoms with Crippen LogP contribution >= 0.6 is 0 Å². The van der Waals surface area contributed by atoms with Crippen LogP contribution < -0.4 is 9.62 Å². The third-order valence-corrected chi connectivity index (χ3v) is 5.61. The van der Waals surface area contributed by atoms with Crippen molar-refractivity contribution in [3.05, 3.63) is 59.2 Å². The summed E-state index contributed by atoms with van der Waals surface area (Å²) in [4.78, 5) is 13.8. The van der Waals surface area contributed by atoms with Crippen LogP contribution in [0.5, 0.6) is 0 Å². The number of hydrogen-bond donors (Lipinski definition) is 1. The van der Waals surface area contributed by atoms with Gasteiger partial charge in [-0.15, -0.1) is 0 Å². The van der Waals surface area contributed by atoms with Crippen molar-refractivity contribution in [3.63, 3.8) is 0 Å². The first-order valence-corrected chi connectivity index (χ1v) is 10.3. The van der Waals surface area contributed by atoms with Gasteiger partial charge >= 0.3 is 0 Å². The largest absolute Gasteiger partial charge is 0.383 e. The molecule has 1 heterocycles. The number of benzene rings is 2. The number of rotatable bonds is 7. The number of amides is 1. The van der Waals surface area contributed by atoms with Crippen molar-refractivity contribution >= 4 is 27.3 Å². The second-order valence-corrected chi connectivity index (χ2v) is 8.24. The summed E-state index contributed by atoms with van der Waals surface area (Å²) < 4.78 is 58.8. The number of aryl methyl sites for hydroxylation is 1. The molecule has 0 fully saturated rings. The van der Waals surface area contributed by atoms with Crippen molar-refractivity contribution < 1.29 is 26.7 Å². The van der Waals surface area contributed by atoms with Gasteiger partial charge in [0, 0.05) is 37.5 Å². The maximum Gasteiger partial charge on any atom is 0.236 e. The summed E-state index contributed by atoms with van der Waals surface area (Å²) in [5, 5.41) is 0. The number of nitrogens with one attached hydrogen (secondary N) is 1. The smallest absolute Gasteiger partial charge is 0.236 e. The van der Waals surface area contributed by atoms with Gasteiger partial charge in [0.05, 0.1) is 12.4 Å². The molecular formula is C19H20F2N2O4S. The van der Waals surface area contributed by atoms with Gasteiger partial charge in [0.25, 0.3) is 0 Å². The van der Waals surface area contributed by atoms with Crippen LogP contribution in [0.4, 0.5) is 20.2 Å². The van der Waals surface area contributed by atoms with E-state index in [1.165, 1.54) is 0 Å². The molecule has 1 amide bonds. The molecule has 150 valence electrons. The molecule has 9 heteroatoms. The van der Waals surface area contributed by atoms with Crippen molar-refractivity contribution in [3.8, 4) is 0 Å². The number of hydrogen-bond acceptors (Lipinski definition) is 4. The summed E-state index contributed by atoms with van der Waals surface area (Å²) in [6.45, 7) is 0.808. The van der Waals surface area contributed by atoms with Crippen molar-refractivity contribution in [2.75, 3.05) is 29.9 Å². The topological polar surface area (TPSA) is 75.7 Å². The SMILES string of the molecule is COCCN1C(=O)CCc2cc(NS(=O)(=O)Cc3cc(F)cc(F)c3)ccc21. The van der Waals surface area contributed by atoms with E-state index in [0.29, 0.717) is 37.7 Å². The van der Waals surface area contributed by atoms with Gasteiger partial charge < -0.3 is 9.64 Å². The fraction of sp³-hybridized carbons (Fsp3) is 0.316. The number of sulfonamides is 1. The highest BCUT2D eigenvalue weighted by atomic mass is 32.2. The van der Waals surface area contributed by atoms with Gasteiger partial charge in [-0.2, -0.15) is 0 Å². The molecular weight excluding hydrogens is 390 g/mol. The van der Waals surface area contributed by atoms with E-state index in [1.54, 1.807) is 30.2 Å². The number of halogens is 2. The molecule has 0 aromatic heterocycles. The van der Waals surface area contributed by atoms with Gasteiger partial charge in [-0.25, -0.2) is 17.2 Å². The van der Waals surface area contributed by atoms with Gasteiger partial charge in [-0.05, 0) is 47.9 Å². The minimum atomic E-state index is -3.87. The first-order valence-electron chi connectivity index (χ1n) is 8.65. The lowest BCUT2D eigenvalue weighted by atomic mass is 10.0. The number of fused-ring (bicyclic) bond motifs is 1. The van der Waals surface area contributed by atoms with Gasteiger partial charge in [0.2, 0.25) is 15.9 Å². The van der Waals surface area contributed by atoms with Crippen LogP contribution in [0.3, 0.4) is 0 Å². The molecule has 0 radical (unpaired) electrons. The highest BCUT2D eigenvalue weighted by molar-refractivity contribution is 7.91. The summed E-state index contributed by atoms with van der Waals surface area (Å²) >= 11 is 0. The lowest BCUT2D eigenvalue weighted by Gasteiger charge is -2.29. The van der Waals surface area contributed by atoms with E-state index in [2.05, 4.69) is 4.72 Å². The second-order valence-electron chi connectivity index (χ2n) is 6.52. The lowest BCUT2D eigenvalue weighted by molar-refractivity contribution is -0.119. The van der Waals surface area contributed by atoms with Gasteiger partial charge in [-0.1, -0.05) is 0 Å². The highest BCUT2D eigenvalue weighted by Gasteiger charge is 2.24. The zero-order chi connectivity index (χ0) is 20.3. The van der Waals surface area contributed by atoms with Crippen LogP contribution in [-0.4, -0.2) is 34.6 Å². The first kappa shape index (κ1) is 20.2. The van der Waals surface area contributed by atoms with Crippen LogP contribution in [0, 0.1) is 11.6 Å². The van der Waals surface area contributed by atoms with E-state index in [9.17, 15) is 22.0 Å². The quantitative estimate of drug-likeness (QED) is 0.762. The molecule has 1 aliphatic rings. The van der Waals surface area contributed by atoms with E-state index < -0.39 is 27.4 Å². The van der Waals surface area contributed by atoms with Gasteiger partial charge in [0.15, 0.2) is 0 Å². The molecule has 28 heavy (non-hydrogen) atoms. The molecule has 0 bridgehead atoms. The molecule has 0 spiro atoms. The Balaban J connectivity index is 1.78. The molecule has 0 saturated heterocycles. The Morgan fingerprint density at radius 1 is 1.11 bits per heavy atom. The van der Waals surface area contributed by atoms with Crippen molar-refractivity contribution in [2.45, 2.75) is 18.6 Å². The first-order chi connectivity index (χ1) is 13.3. The van der Waals surface area contributed by atoms with E-state index in [0.717, 1.165) is 23.4 Å². The summed E-state index contributed by atoms with van der Waals surface area (Å²) in [6.07, 6.45) is 0.831. The van der Waals surface area contributed by atoms with E-state index >= 15 is 0 Å². The molecule has 0 aliphatic carbocycles. The van der Waals surface area contributed by atoms with E-state index in [1.807, 2.05) is 0 Å². The predicted octanol–water partition coefficient (Wildman–Crippen LogP) is 2.83. The fourth-order valence-corrected chi connectivity index (χ4v) is 4.34. The molecule has 2 aromatic carbocycles. The van der Waals surface area contributed by atoms with Gasteiger partial charge in [0.1, 0.15) is 11.6 Å². The molecule has 2 aromatic rings. The average molecular weight is 410 g/mol. The number of carbonyl (C=O) groups excluding carboxylic acids is 1. The molecule has 0 saturated carbocycles. The van der Waals surface area contributed by atoms with Crippen molar-refractivity contribution in [1.29, 1.82) is 0 Å². The minimum absolute atomic E-state index is 0.00832. The van der Waals surface area contributed by atoms with Crippen LogP contribution in [-0.2, 0) is 31.7 Å². The summed E-state index contributed by atoms with van der Waals surface area (Å²) in [6, 6.07) is 7.56. The molecule has 1 N–H and O–H groups in total. The number of carbonyl (C=O) groups is 1.